The highest BCUT2D eigenvalue weighted by Gasteiger charge is 1.96. The van der Waals surface area contributed by atoms with Gasteiger partial charge in [-0.1, -0.05) is 4.85 Å². The molecule has 0 aliphatic rings. The fraction of sp³-hybridized carbons (Fsp3) is 0. The van der Waals surface area contributed by atoms with E-state index >= 15 is 0 Å². The molecule has 64 valence electrons. The number of thiocarbonyl (C=S) groups is 1. The van der Waals surface area contributed by atoms with E-state index in [0.29, 0.717) is 10.7 Å². The van der Waals surface area contributed by atoms with E-state index in [0.717, 1.165) is 0 Å². The lowest BCUT2D eigenvalue weighted by Gasteiger charge is -2.04. The number of nitrogens with one attached hydrogen (secondary N) is 2. The van der Waals surface area contributed by atoms with Crippen LogP contribution in [-0.4, -0.2) is 10.2 Å². The van der Waals surface area contributed by atoms with Gasteiger partial charge in [-0.2, -0.15) is 0 Å². The molecule has 0 unspecified atom stereocenters. The second kappa shape index (κ2) is 3.67. The zero-order valence-corrected chi connectivity index (χ0v) is 6.84. The van der Waals surface area contributed by atoms with Crippen LogP contribution in [0.2, 0.25) is 0 Å². The molecule has 0 aliphatic heterocycles. The first-order valence-corrected chi connectivity index (χ1v) is 3.47. The summed E-state index contributed by atoms with van der Waals surface area (Å²) < 4.78 is 0. The molecule has 0 spiro atoms. The average Bonchev–Trinajstić information content (AvgIpc) is 2.01. The Kier molecular flexibility index (Phi) is 2.59. The van der Waals surface area contributed by atoms with E-state index in [1.54, 1.807) is 12.1 Å². The van der Waals surface area contributed by atoms with Gasteiger partial charge in [0.05, 0.1) is 0 Å². The zero-order valence-electron chi connectivity index (χ0n) is 6.02. The molecule has 0 saturated carbocycles. The molecular weight excluding hydrogens is 178 g/mol. The Morgan fingerprint density at radius 2 is 2.50 bits per heavy atom. The highest BCUT2D eigenvalue weighted by atomic mass is 32.1. The van der Waals surface area contributed by atoms with E-state index in [4.69, 9.17) is 5.73 Å². The van der Waals surface area contributed by atoms with Crippen molar-refractivity contribution in [1.29, 1.82) is 0 Å². The molecule has 0 bridgehead atoms. The second-order valence-electron chi connectivity index (χ2n) is 1.91. The van der Waals surface area contributed by atoms with Gasteiger partial charge in [0.2, 0.25) is 12.0 Å². The molecule has 0 fully saturated rings. The number of hydrazine groups is 1. The summed E-state index contributed by atoms with van der Waals surface area (Å²) in [5.74, 6) is 0.348. The minimum Gasteiger partial charge on any atom is -0.594 e. The largest absolute Gasteiger partial charge is 0.594 e. The number of aromatic nitrogens is 2. The van der Waals surface area contributed by atoms with Gasteiger partial charge in [0.1, 0.15) is 0 Å². The van der Waals surface area contributed by atoms with E-state index in [-0.39, 0.29) is 5.11 Å². The van der Waals surface area contributed by atoms with E-state index < -0.39 is 0 Å². The number of hydrogen-bond donors (Lipinski definition) is 3. The van der Waals surface area contributed by atoms with E-state index in [1.807, 2.05) is 0 Å². The summed E-state index contributed by atoms with van der Waals surface area (Å²) in [5.41, 5.74) is 10.1. The molecule has 1 heterocycles. The van der Waals surface area contributed by atoms with Crippen LogP contribution in [0.5, 0.6) is 0 Å². The van der Waals surface area contributed by atoms with Crippen LogP contribution in [-0.2, 0) is 0 Å². The Labute approximate surface area is 73.9 Å². The molecule has 0 radical (unpaired) electrons. The summed E-state index contributed by atoms with van der Waals surface area (Å²) in [6, 6.07) is 3.14. The van der Waals surface area contributed by atoms with Crippen molar-refractivity contribution in [2.24, 2.45) is 5.73 Å². The number of anilines is 1. The van der Waals surface area contributed by atoms with Crippen molar-refractivity contribution in [3.63, 3.8) is 0 Å². The fourth-order valence-electron chi connectivity index (χ4n) is 0.573. The van der Waals surface area contributed by atoms with Crippen LogP contribution in [0.25, 0.3) is 0 Å². The third-order valence-corrected chi connectivity index (χ3v) is 1.09. The fourth-order valence-corrected chi connectivity index (χ4v) is 0.624. The molecule has 0 atom stereocenters. The molecule has 7 heteroatoms. The van der Waals surface area contributed by atoms with Gasteiger partial charge in [-0.25, -0.2) is 0 Å². The van der Waals surface area contributed by atoms with Crippen molar-refractivity contribution < 1.29 is 4.85 Å². The van der Waals surface area contributed by atoms with Gasteiger partial charge in [0.15, 0.2) is 5.11 Å². The normalized spacial score (nSPS) is 9.00. The first kappa shape index (κ1) is 8.47. The second-order valence-corrected chi connectivity index (χ2v) is 2.35. The van der Waals surface area contributed by atoms with Gasteiger partial charge in [0, 0.05) is 11.2 Å². The molecule has 0 amide bonds. The summed E-state index contributed by atoms with van der Waals surface area (Å²) in [5, 5.41) is 14.2. The Hall–Kier alpha value is -1.63. The van der Waals surface area contributed by atoms with Crippen LogP contribution in [0.15, 0.2) is 18.3 Å². The predicted molar refractivity (Wildman–Crippen MR) is 46.7 cm³/mol. The Bertz CT molecular complexity index is 291. The maximum absolute atomic E-state index is 10.6. The van der Waals surface area contributed by atoms with E-state index in [9.17, 15) is 5.21 Å². The van der Waals surface area contributed by atoms with Crippen molar-refractivity contribution in [2.45, 2.75) is 0 Å². The lowest BCUT2D eigenvalue weighted by Crippen LogP contribution is -2.37. The molecule has 0 aromatic carbocycles. The van der Waals surface area contributed by atoms with Crippen LogP contribution in [0, 0.1) is 5.21 Å². The van der Waals surface area contributed by atoms with Gasteiger partial charge in [-0.05, 0) is 18.3 Å². The minimum absolute atomic E-state index is 0.0816. The van der Waals surface area contributed by atoms with Crippen LogP contribution in [0.4, 0.5) is 5.82 Å². The lowest BCUT2D eigenvalue weighted by molar-refractivity contribution is -0.667. The topological polar surface area (TPSA) is 89.9 Å². The molecule has 0 aliphatic carbocycles. The third-order valence-electron chi connectivity index (χ3n) is 0.988. The van der Waals surface area contributed by atoms with E-state index in [2.05, 4.69) is 28.2 Å². The van der Waals surface area contributed by atoms with Crippen molar-refractivity contribution in [3.05, 3.63) is 23.5 Å². The molecule has 12 heavy (non-hydrogen) atoms. The predicted octanol–water partition coefficient (Wildman–Crippen LogP) is -1.12. The van der Waals surface area contributed by atoms with E-state index in [1.165, 1.54) is 6.20 Å². The standard InChI is InChI=1S/C5H7N5OS/c6-5(12)8-7-4-2-1-3-10(11)9-4/h1-3H,(H,7,9)(H3,6,8,12). The molecule has 0 saturated heterocycles. The van der Waals surface area contributed by atoms with Crippen LogP contribution >= 0.6 is 12.2 Å². The summed E-state index contributed by atoms with van der Waals surface area (Å²) in [6.07, 6.45) is 1.27. The highest BCUT2D eigenvalue weighted by Crippen LogP contribution is 1.92. The van der Waals surface area contributed by atoms with Crippen LogP contribution < -0.4 is 21.4 Å². The van der Waals surface area contributed by atoms with Gasteiger partial charge in [-0.15, -0.1) is 0 Å². The van der Waals surface area contributed by atoms with Crippen molar-refractivity contribution in [1.82, 2.24) is 10.5 Å². The highest BCUT2D eigenvalue weighted by molar-refractivity contribution is 7.80. The summed E-state index contributed by atoms with van der Waals surface area (Å²) in [4.78, 5) is 0.420. The molecule has 6 nitrogen and oxygen atoms in total. The van der Waals surface area contributed by atoms with Gasteiger partial charge in [-0.3, -0.25) is 10.9 Å². The van der Waals surface area contributed by atoms with Crippen LogP contribution in [0.3, 0.4) is 0 Å². The van der Waals surface area contributed by atoms with Crippen molar-refractivity contribution in [2.75, 3.05) is 5.43 Å². The molecule has 1 rings (SSSR count). The maximum atomic E-state index is 10.6. The number of hydrogen-bond acceptors (Lipinski definition) is 4. The average molecular weight is 185 g/mol. The van der Waals surface area contributed by atoms with Gasteiger partial charge in [0.25, 0.3) is 0 Å². The van der Waals surface area contributed by atoms with Crippen LogP contribution in [0.1, 0.15) is 0 Å². The van der Waals surface area contributed by atoms with Gasteiger partial charge < -0.3 is 10.9 Å². The summed E-state index contributed by atoms with van der Waals surface area (Å²) in [6.45, 7) is 0. The molecule has 1 aromatic rings. The number of nitrogens with zero attached hydrogens (tertiary/aromatic N) is 2. The maximum Gasteiger partial charge on any atom is 0.214 e. The minimum atomic E-state index is 0.0816. The number of rotatable bonds is 2. The molecule has 4 N–H and O–H groups in total. The Morgan fingerprint density at radius 3 is 3.08 bits per heavy atom. The third kappa shape index (κ3) is 2.54. The summed E-state index contributed by atoms with van der Waals surface area (Å²) >= 11 is 4.52. The van der Waals surface area contributed by atoms with Crippen molar-refractivity contribution >= 4 is 23.1 Å². The van der Waals surface area contributed by atoms with Crippen molar-refractivity contribution in [3.8, 4) is 0 Å². The SMILES string of the molecule is NC(=S)NNc1ccc[n+]([O-])n1. The monoisotopic (exact) mass is 185 g/mol. The quantitative estimate of drug-likeness (QED) is 0.234. The first-order valence-electron chi connectivity index (χ1n) is 3.06. The number of nitrogens with two attached hydrogens (primary N) is 1. The lowest BCUT2D eigenvalue weighted by atomic mass is 10.5. The Morgan fingerprint density at radius 1 is 1.75 bits per heavy atom. The summed E-state index contributed by atoms with van der Waals surface area (Å²) in [7, 11) is 0. The molecular formula is C5H7N5OS. The zero-order chi connectivity index (χ0) is 8.97. The Balaban J connectivity index is 2.57. The first-order chi connectivity index (χ1) is 5.68. The smallest absolute Gasteiger partial charge is 0.214 e. The molecule has 1 aromatic heterocycles. The van der Waals surface area contributed by atoms with Gasteiger partial charge >= 0.3 is 0 Å².